The quantitative estimate of drug-likeness (QED) is 0.498. The summed E-state index contributed by atoms with van der Waals surface area (Å²) < 4.78 is 11.1. The molecule has 162 valence electrons. The van der Waals surface area contributed by atoms with Gasteiger partial charge in [0.1, 0.15) is 5.75 Å². The number of halogens is 1. The van der Waals surface area contributed by atoms with Crippen LogP contribution in [0.15, 0.2) is 47.0 Å². The second-order valence-electron chi connectivity index (χ2n) is 8.00. The van der Waals surface area contributed by atoms with Crippen molar-refractivity contribution >= 4 is 23.3 Å². The first-order valence-electron chi connectivity index (χ1n) is 10.3. The molecule has 1 fully saturated rings. The van der Waals surface area contributed by atoms with E-state index < -0.39 is 5.97 Å². The summed E-state index contributed by atoms with van der Waals surface area (Å²) in [6.45, 7) is 3.88. The van der Waals surface area contributed by atoms with E-state index in [0.29, 0.717) is 35.3 Å². The molecule has 2 N–H and O–H groups in total. The van der Waals surface area contributed by atoms with Crippen LogP contribution >= 0.6 is 11.6 Å². The molecule has 0 amide bonds. The molecule has 1 unspecified atom stereocenters. The van der Waals surface area contributed by atoms with E-state index in [1.165, 1.54) is 0 Å². The number of hydrogen-bond acceptors (Lipinski definition) is 6. The SMILES string of the molecule is CC(C)Oc1ccc(-c2noc(-c3ccc(NC4CC[C@@H](C(=O)O)C4)cc3)n2)cc1Cl. The second kappa shape index (κ2) is 8.98. The zero-order valence-electron chi connectivity index (χ0n) is 17.3. The average Bonchev–Trinajstić information content (AvgIpc) is 3.40. The zero-order chi connectivity index (χ0) is 22.0. The number of carbonyl (C=O) groups is 1. The molecule has 1 heterocycles. The van der Waals surface area contributed by atoms with Crippen molar-refractivity contribution in [2.45, 2.75) is 45.3 Å². The first-order valence-corrected chi connectivity index (χ1v) is 10.7. The normalized spacial score (nSPS) is 18.3. The number of benzene rings is 2. The molecule has 3 aromatic rings. The lowest BCUT2D eigenvalue weighted by molar-refractivity contribution is -0.141. The number of aromatic nitrogens is 2. The van der Waals surface area contributed by atoms with Gasteiger partial charge in [-0.3, -0.25) is 4.79 Å². The number of aliphatic carboxylic acids is 1. The lowest BCUT2D eigenvalue weighted by Gasteiger charge is -2.14. The molecule has 0 aliphatic heterocycles. The standard InChI is InChI=1S/C23H24ClN3O4/c1-13(2)30-20-10-6-15(12-19(20)24)21-26-22(31-27-21)14-3-7-17(8-4-14)25-18-9-5-16(11-18)23(28)29/h3-4,6-8,10,12-13,16,18,25H,5,9,11H2,1-2H3,(H,28,29)/t16-,18?/m1/s1. The Hall–Kier alpha value is -3.06. The van der Waals surface area contributed by atoms with Crippen molar-refractivity contribution in [3.05, 3.63) is 47.5 Å². The van der Waals surface area contributed by atoms with Gasteiger partial charge in [-0.25, -0.2) is 0 Å². The van der Waals surface area contributed by atoms with Crippen LogP contribution in [0.2, 0.25) is 5.02 Å². The van der Waals surface area contributed by atoms with Gasteiger partial charge in [0.2, 0.25) is 5.82 Å². The van der Waals surface area contributed by atoms with Crippen molar-refractivity contribution in [3.8, 4) is 28.6 Å². The predicted molar refractivity (Wildman–Crippen MR) is 118 cm³/mol. The Morgan fingerprint density at radius 3 is 2.58 bits per heavy atom. The van der Waals surface area contributed by atoms with Gasteiger partial charge in [-0.15, -0.1) is 0 Å². The van der Waals surface area contributed by atoms with Crippen molar-refractivity contribution in [2.24, 2.45) is 5.92 Å². The van der Waals surface area contributed by atoms with Crippen molar-refractivity contribution in [3.63, 3.8) is 0 Å². The summed E-state index contributed by atoms with van der Waals surface area (Å²) in [7, 11) is 0. The van der Waals surface area contributed by atoms with Crippen LogP contribution in [0.4, 0.5) is 5.69 Å². The van der Waals surface area contributed by atoms with E-state index in [-0.39, 0.29) is 18.1 Å². The Balaban J connectivity index is 1.43. The molecule has 1 aliphatic rings. The van der Waals surface area contributed by atoms with Gasteiger partial charge in [-0.2, -0.15) is 4.98 Å². The minimum atomic E-state index is -0.713. The van der Waals surface area contributed by atoms with Crippen LogP contribution in [0.1, 0.15) is 33.1 Å². The number of carboxylic acid groups (broad SMARTS) is 1. The van der Waals surface area contributed by atoms with Crippen LogP contribution < -0.4 is 10.1 Å². The lowest BCUT2D eigenvalue weighted by atomic mass is 10.1. The molecule has 0 bridgehead atoms. The van der Waals surface area contributed by atoms with Crippen LogP contribution in [-0.2, 0) is 4.79 Å². The van der Waals surface area contributed by atoms with E-state index in [1.54, 1.807) is 12.1 Å². The van der Waals surface area contributed by atoms with E-state index in [1.807, 2.05) is 44.2 Å². The van der Waals surface area contributed by atoms with Gasteiger partial charge in [-0.05, 0) is 75.6 Å². The van der Waals surface area contributed by atoms with Crippen LogP contribution in [0.5, 0.6) is 5.75 Å². The average molecular weight is 442 g/mol. The molecule has 0 radical (unpaired) electrons. The van der Waals surface area contributed by atoms with E-state index in [4.69, 9.17) is 26.0 Å². The van der Waals surface area contributed by atoms with Gasteiger partial charge in [0.25, 0.3) is 5.89 Å². The van der Waals surface area contributed by atoms with E-state index >= 15 is 0 Å². The third-order valence-corrected chi connectivity index (χ3v) is 5.56. The monoisotopic (exact) mass is 441 g/mol. The smallest absolute Gasteiger partial charge is 0.306 e. The number of nitrogens with one attached hydrogen (secondary N) is 1. The van der Waals surface area contributed by atoms with Gasteiger partial charge < -0.3 is 19.7 Å². The minimum absolute atomic E-state index is 0.0323. The summed E-state index contributed by atoms with van der Waals surface area (Å²) in [6, 6.07) is 13.2. The third-order valence-electron chi connectivity index (χ3n) is 5.26. The van der Waals surface area contributed by atoms with Gasteiger partial charge in [-0.1, -0.05) is 16.8 Å². The summed E-state index contributed by atoms with van der Waals surface area (Å²) in [5.74, 6) is 0.500. The Labute approximate surface area is 185 Å². The number of anilines is 1. The maximum absolute atomic E-state index is 11.1. The van der Waals surface area contributed by atoms with Crippen molar-refractivity contribution in [2.75, 3.05) is 5.32 Å². The highest BCUT2D eigenvalue weighted by atomic mass is 35.5. The fourth-order valence-corrected chi connectivity index (χ4v) is 3.95. The summed E-state index contributed by atoms with van der Waals surface area (Å²) in [5.41, 5.74) is 2.47. The molecule has 1 saturated carbocycles. The second-order valence-corrected chi connectivity index (χ2v) is 8.41. The highest BCUT2D eigenvalue weighted by Gasteiger charge is 2.29. The van der Waals surface area contributed by atoms with Gasteiger partial charge in [0.05, 0.1) is 17.0 Å². The molecule has 1 aromatic heterocycles. The summed E-state index contributed by atoms with van der Waals surface area (Å²) in [5, 5.41) is 17.1. The summed E-state index contributed by atoms with van der Waals surface area (Å²) >= 11 is 6.31. The lowest BCUT2D eigenvalue weighted by Crippen LogP contribution is -2.17. The highest BCUT2D eigenvalue weighted by molar-refractivity contribution is 6.32. The molecule has 0 spiro atoms. The Bertz CT molecular complexity index is 1060. The molecule has 0 saturated heterocycles. The zero-order valence-corrected chi connectivity index (χ0v) is 18.1. The van der Waals surface area contributed by atoms with Crippen LogP contribution in [-0.4, -0.2) is 33.4 Å². The molecule has 2 aromatic carbocycles. The van der Waals surface area contributed by atoms with E-state index in [9.17, 15) is 4.79 Å². The van der Waals surface area contributed by atoms with E-state index in [2.05, 4.69) is 15.5 Å². The van der Waals surface area contributed by atoms with Crippen molar-refractivity contribution in [1.29, 1.82) is 0 Å². The Kier molecular flexibility index (Phi) is 6.13. The number of nitrogens with zero attached hydrogens (tertiary/aromatic N) is 2. The van der Waals surface area contributed by atoms with Gasteiger partial charge >= 0.3 is 5.97 Å². The number of rotatable bonds is 7. The fraction of sp³-hybridized carbons (Fsp3) is 0.348. The third kappa shape index (κ3) is 4.99. The highest BCUT2D eigenvalue weighted by Crippen LogP contribution is 2.32. The van der Waals surface area contributed by atoms with Crippen molar-refractivity contribution < 1.29 is 19.2 Å². The number of hydrogen-bond donors (Lipinski definition) is 2. The first-order chi connectivity index (χ1) is 14.9. The largest absolute Gasteiger partial charge is 0.489 e. The summed E-state index contributed by atoms with van der Waals surface area (Å²) in [6.07, 6.45) is 2.25. The molecule has 7 nitrogen and oxygen atoms in total. The maximum atomic E-state index is 11.1. The molecular formula is C23H24ClN3O4. The predicted octanol–water partition coefficient (Wildman–Crippen LogP) is 5.51. The van der Waals surface area contributed by atoms with Crippen LogP contribution in [0, 0.1) is 5.92 Å². The molecule has 2 atom stereocenters. The molecule has 1 aliphatic carbocycles. The fourth-order valence-electron chi connectivity index (χ4n) is 3.73. The first kappa shape index (κ1) is 21.2. The van der Waals surface area contributed by atoms with Gasteiger partial charge in [0.15, 0.2) is 0 Å². The minimum Gasteiger partial charge on any atom is -0.489 e. The van der Waals surface area contributed by atoms with Gasteiger partial charge in [0, 0.05) is 22.9 Å². The molecule has 4 rings (SSSR count). The molecule has 31 heavy (non-hydrogen) atoms. The number of ether oxygens (including phenoxy) is 1. The maximum Gasteiger partial charge on any atom is 0.306 e. The number of carboxylic acids is 1. The molecule has 8 heteroatoms. The summed E-state index contributed by atoms with van der Waals surface area (Å²) in [4.78, 5) is 15.6. The Morgan fingerprint density at radius 2 is 1.94 bits per heavy atom. The van der Waals surface area contributed by atoms with Crippen molar-refractivity contribution in [1.82, 2.24) is 10.1 Å². The van der Waals surface area contributed by atoms with Crippen LogP contribution in [0.3, 0.4) is 0 Å². The molecular weight excluding hydrogens is 418 g/mol. The van der Waals surface area contributed by atoms with E-state index in [0.717, 1.165) is 23.2 Å². The topological polar surface area (TPSA) is 97.5 Å². The Morgan fingerprint density at radius 1 is 1.19 bits per heavy atom. The van der Waals surface area contributed by atoms with Crippen LogP contribution in [0.25, 0.3) is 22.8 Å².